The van der Waals surface area contributed by atoms with Gasteiger partial charge in [0.15, 0.2) is 28.8 Å². The van der Waals surface area contributed by atoms with Crippen LogP contribution in [0, 0.1) is 0 Å². The highest BCUT2D eigenvalue weighted by atomic mass is 16.5. The summed E-state index contributed by atoms with van der Waals surface area (Å²) in [5, 5.41) is 49.6. The van der Waals surface area contributed by atoms with E-state index in [1.807, 2.05) is 0 Å². The first kappa shape index (κ1) is 19.6. The molecule has 0 saturated carbocycles. The van der Waals surface area contributed by atoms with Crippen LogP contribution in [0.25, 0.3) is 22.3 Å². The van der Waals surface area contributed by atoms with E-state index in [1.165, 1.54) is 18.2 Å². The second-order valence-corrected chi connectivity index (χ2v) is 6.51. The van der Waals surface area contributed by atoms with Gasteiger partial charge in [0.05, 0.1) is 5.56 Å². The van der Waals surface area contributed by atoms with E-state index in [1.54, 1.807) is 18.2 Å². The molecule has 1 aromatic heterocycles. The molecule has 156 valence electrons. The van der Waals surface area contributed by atoms with E-state index in [4.69, 9.17) is 9.15 Å². The zero-order valence-corrected chi connectivity index (χ0v) is 15.6. The summed E-state index contributed by atoms with van der Waals surface area (Å²) in [6.45, 7) is 0. The predicted octanol–water partition coefficient (Wildman–Crippen LogP) is 3.21. The van der Waals surface area contributed by atoms with Gasteiger partial charge in [-0.25, -0.2) is 4.79 Å². The quantitative estimate of drug-likeness (QED) is 0.190. The number of fused-ring (bicyclic) bond motifs is 1. The number of carbonyl (C=O) groups is 1. The van der Waals surface area contributed by atoms with Crippen LogP contribution in [0.4, 0.5) is 0 Å². The Kier molecular flexibility index (Phi) is 4.63. The van der Waals surface area contributed by atoms with E-state index in [-0.39, 0.29) is 22.5 Å². The smallest absolute Gasteiger partial charge is 0.343 e. The van der Waals surface area contributed by atoms with Crippen molar-refractivity contribution in [1.29, 1.82) is 0 Å². The summed E-state index contributed by atoms with van der Waals surface area (Å²) >= 11 is 0. The van der Waals surface area contributed by atoms with Crippen LogP contribution in [0.3, 0.4) is 0 Å². The van der Waals surface area contributed by atoms with Gasteiger partial charge in [0.25, 0.3) is 0 Å². The van der Waals surface area contributed by atoms with Gasteiger partial charge in [0.1, 0.15) is 11.0 Å². The van der Waals surface area contributed by atoms with Crippen LogP contribution in [0.15, 0.2) is 63.8 Å². The molecule has 9 heteroatoms. The summed E-state index contributed by atoms with van der Waals surface area (Å²) in [6, 6.07) is 12.2. The molecule has 0 aliphatic rings. The first-order chi connectivity index (χ1) is 14.8. The van der Waals surface area contributed by atoms with Crippen LogP contribution in [0.1, 0.15) is 10.4 Å². The van der Waals surface area contributed by atoms with Crippen LogP contribution < -0.4 is 10.2 Å². The number of esters is 1. The van der Waals surface area contributed by atoms with Crippen molar-refractivity contribution in [2.24, 2.45) is 0 Å². The van der Waals surface area contributed by atoms with E-state index in [9.17, 15) is 35.1 Å². The summed E-state index contributed by atoms with van der Waals surface area (Å²) in [5.41, 5.74) is -1.21. The summed E-state index contributed by atoms with van der Waals surface area (Å²) in [5.74, 6) is -5.39. The molecule has 9 nitrogen and oxygen atoms in total. The van der Waals surface area contributed by atoms with E-state index in [0.717, 1.165) is 18.2 Å². The first-order valence-electron chi connectivity index (χ1n) is 8.82. The molecular weight excluding hydrogens is 408 g/mol. The Hall–Kier alpha value is -4.66. The van der Waals surface area contributed by atoms with Crippen LogP contribution >= 0.6 is 0 Å². The van der Waals surface area contributed by atoms with Crippen molar-refractivity contribution >= 4 is 16.9 Å². The molecule has 0 radical (unpaired) electrons. The number of hydrogen-bond donors (Lipinski definition) is 5. The maximum absolute atomic E-state index is 12.7. The maximum atomic E-state index is 12.7. The molecule has 31 heavy (non-hydrogen) atoms. The number of rotatable bonds is 3. The molecule has 1 heterocycles. The zero-order chi connectivity index (χ0) is 22.3. The largest absolute Gasteiger partial charge is 0.504 e. The Bertz CT molecular complexity index is 1390. The average molecular weight is 422 g/mol. The molecule has 0 aliphatic heterocycles. The zero-order valence-electron chi connectivity index (χ0n) is 15.6. The van der Waals surface area contributed by atoms with Gasteiger partial charge >= 0.3 is 5.97 Å². The summed E-state index contributed by atoms with van der Waals surface area (Å²) in [6.07, 6.45) is 0. The first-order valence-corrected chi connectivity index (χ1v) is 8.82. The Morgan fingerprint density at radius 1 is 0.806 bits per heavy atom. The highest BCUT2D eigenvalue weighted by molar-refractivity contribution is 5.95. The minimum atomic E-state index is -1.07. The third-order valence-corrected chi connectivity index (χ3v) is 4.51. The number of aromatic hydroxyl groups is 5. The Morgan fingerprint density at radius 2 is 1.52 bits per heavy atom. The van der Waals surface area contributed by atoms with Crippen molar-refractivity contribution in [2.45, 2.75) is 0 Å². The lowest BCUT2D eigenvalue weighted by atomic mass is 10.1. The fourth-order valence-corrected chi connectivity index (χ4v) is 2.98. The number of phenols is 4. The molecule has 0 saturated heterocycles. The monoisotopic (exact) mass is 422 g/mol. The minimum absolute atomic E-state index is 0.0466. The molecule has 0 amide bonds. The van der Waals surface area contributed by atoms with Crippen LogP contribution in [0.5, 0.6) is 34.5 Å². The van der Waals surface area contributed by atoms with E-state index in [2.05, 4.69) is 0 Å². The Morgan fingerprint density at radius 3 is 2.19 bits per heavy atom. The van der Waals surface area contributed by atoms with Crippen molar-refractivity contribution in [3.63, 3.8) is 0 Å². The fourth-order valence-electron chi connectivity index (χ4n) is 2.98. The second-order valence-electron chi connectivity index (χ2n) is 6.51. The topological polar surface area (TPSA) is 158 Å². The van der Waals surface area contributed by atoms with Gasteiger partial charge in [-0.05, 0) is 30.3 Å². The SMILES string of the molecule is O=C(Oc1c(O)cc2oc(-c3ccc(O)c(O)c3)c(O)c(=O)c2c1O)c1ccccc1. The molecule has 0 unspecified atom stereocenters. The highest BCUT2D eigenvalue weighted by Crippen LogP contribution is 2.44. The van der Waals surface area contributed by atoms with Crippen molar-refractivity contribution in [1.82, 2.24) is 0 Å². The van der Waals surface area contributed by atoms with Gasteiger partial charge in [-0.1, -0.05) is 18.2 Å². The van der Waals surface area contributed by atoms with Crippen molar-refractivity contribution < 1.29 is 39.5 Å². The fraction of sp³-hybridized carbons (Fsp3) is 0. The van der Waals surface area contributed by atoms with Crippen molar-refractivity contribution in [2.75, 3.05) is 0 Å². The molecule has 3 aromatic carbocycles. The lowest BCUT2D eigenvalue weighted by Gasteiger charge is -2.12. The summed E-state index contributed by atoms with van der Waals surface area (Å²) in [4.78, 5) is 25.0. The van der Waals surface area contributed by atoms with E-state index < -0.39 is 51.3 Å². The van der Waals surface area contributed by atoms with Gasteiger partial charge in [-0.3, -0.25) is 4.79 Å². The van der Waals surface area contributed by atoms with Crippen LogP contribution in [-0.4, -0.2) is 31.5 Å². The molecule has 5 N–H and O–H groups in total. The van der Waals surface area contributed by atoms with Gasteiger partial charge in [0.2, 0.25) is 16.9 Å². The lowest BCUT2D eigenvalue weighted by molar-refractivity contribution is 0.0724. The average Bonchev–Trinajstić information content (AvgIpc) is 2.76. The molecule has 0 bridgehead atoms. The second kappa shape index (κ2) is 7.30. The normalized spacial score (nSPS) is 10.8. The summed E-state index contributed by atoms with van der Waals surface area (Å²) in [7, 11) is 0. The highest BCUT2D eigenvalue weighted by Gasteiger charge is 2.25. The molecule has 4 aromatic rings. The third kappa shape index (κ3) is 3.33. The Labute approximate surface area is 173 Å². The van der Waals surface area contributed by atoms with Crippen molar-refractivity contribution in [3.05, 3.63) is 70.4 Å². The van der Waals surface area contributed by atoms with Gasteiger partial charge < -0.3 is 34.7 Å². The Balaban J connectivity index is 1.86. The molecular formula is C22H14O9. The minimum Gasteiger partial charge on any atom is -0.504 e. The number of hydrogen-bond acceptors (Lipinski definition) is 9. The van der Waals surface area contributed by atoms with Crippen molar-refractivity contribution in [3.8, 4) is 45.8 Å². The van der Waals surface area contributed by atoms with Gasteiger partial charge in [0, 0.05) is 11.6 Å². The molecule has 0 spiro atoms. The molecule has 0 aliphatic carbocycles. The third-order valence-electron chi connectivity index (χ3n) is 4.51. The molecule has 4 rings (SSSR count). The number of ether oxygens (including phenoxy) is 1. The van der Waals surface area contributed by atoms with Crippen LogP contribution in [-0.2, 0) is 0 Å². The predicted molar refractivity (Wildman–Crippen MR) is 108 cm³/mol. The number of phenolic OH excluding ortho intramolecular Hbond substituents is 4. The van der Waals surface area contributed by atoms with E-state index >= 15 is 0 Å². The van der Waals surface area contributed by atoms with Gasteiger partial charge in [-0.2, -0.15) is 0 Å². The molecule has 0 atom stereocenters. The maximum Gasteiger partial charge on any atom is 0.343 e. The lowest BCUT2D eigenvalue weighted by Crippen LogP contribution is -2.10. The number of benzene rings is 3. The van der Waals surface area contributed by atoms with Gasteiger partial charge in [-0.15, -0.1) is 0 Å². The summed E-state index contributed by atoms with van der Waals surface area (Å²) < 4.78 is 10.5. The van der Waals surface area contributed by atoms with E-state index in [0.29, 0.717) is 0 Å². The number of carbonyl (C=O) groups excluding carboxylic acids is 1. The molecule has 0 fully saturated rings. The van der Waals surface area contributed by atoms with Crippen LogP contribution in [0.2, 0.25) is 0 Å². The standard InChI is InChI=1S/C22H14O9/c23-12-7-6-11(8-13(12)24)20-19(28)17(26)16-15(30-20)9-14(25)21(18(16)27)31-22(29)10-4-2-1-3-5-10/h1-9,23-25,27-28H.